The number of hydrogen-bond acceptors (Lipinski definition) is 2. The van der Waals surface area contributed by atoms with Crippen molar-refractivity contribution in [2.75, 3.05) is 0 Å². The van der Waals surface area contributed by atoms with Crippen LogP contribution in [0.2, 0.25) is 0 Å². The Morgan fingerprint density at radius 1 is 1.24 bits per heavy atom. The molecular weight excluding hydrogens is 262 g/mol. The van der Waals surface area contributed by atoms with Gasteiger partial charge in [0.25, 0.3) is 0 Å². The molecule has 1 fully saturated rings. The molecule has 1 aliphatic rings. The molecule has 3 heteroatoms. The summed E-state index contributed by atoms with van der Waals surface area (Å²) in [5, 5.41) is 1.18. The van der Waals surface area contributed by atoms with Gasteiger partial charge in [0, 0.05) is 29.7 Å². The van der Waals surface area contributed by atoms with E-state index in [2.05, 4.69) is 22.8 Å². The van der Waals surface area contributed by atoms with E-state index in [0.717, 1.165) is 24.1 Å². The first-order valence-corrected chi connectivity index (χ1v) is 7.67. The lowest BCUT2D eigenvalue weighted by Gasteiger charge is -2.20. The van der Waals surface area contributed by atoms with Crippen LogP contribution >= 0.6 is 0 Å². The molecule has 0 spiro atoms. The molecule has 3 rings (SSSR count). The second-order valence-electron chi connectivity index (χ2n) is 5.72. The van der Waals surface area contributed by atoms with Gasteiger partial charge in [0.15, 0.2) is 0 Å². The van der Waals surface area contributed by atoms with Crippen molar-refractivity contribution in [2.45, 2.75) is 38.2 Å². The standard InChI is InChI=1S/C18H21NO2/c1-19-15(13-14-7-5-6-10-17(14)19)11-12-18(20)21-16-8-3-2-4-9-16/h5-7,10-13,16H,2-4,8-9H2,1H3/b12-11+. The van der Waals surface area contributed by atoms with Crippen molar-refractivity contribution in [1.82, 2.24) is 4.57 Å². The van der Waals surface area contributed by atoms with E-state index in [9.17, 15) is 4.79 Å². The zero-order chi connectivity index (χ0) is 14.7. The van der Waals surface area contributed by atoms with Crippen LogP contribution < -0.4 is 0 Å². The molecule has 1 saturated carbocycles. The number of esters is 1. The van der Waals surface area contributed by atoms with Gasteiger partial charge in [0.05, 0.1) is 0 Å². The van der Waals surface area contributed by atoms with E-state index in [0.29, 0.717) is 0 Å². The minimum absolute atomic E-state index is 0.114. The monoisotopic (exact) mass is 283 g/mol. The lowest BCUT2D eigenvalue weighted by atomic mass is 9.98. The Hall–Kier alpha value is -2.03. The number of ether oxygens (including phenoxy) is 1. The smallest absolute Gasteiger partial charge is 0.331 e. The van der Waals surface area contributed by atoms with Crippen molar-refractivity contribution in [2.24, 2.45) is 7.05 Å². The van der Waals surface area contributed by atoms with Gasteiger partial charge < -0.3 is 9.30 Å². The molecule has 1 aromatic carbocycles. The third-order valence-corrected chi connectivity index (χ3v) is 4.21. The Labute approximate surface area is 125 Å². The lowest BCUT2D eigenvalue weighted by Crippen LogP contribution is -2.19. The summed E-state index contributed by atoms with van der Waals surface area (Å²) in [7, 11) is 2.01. The van der Waals surface area contributed by atoms with Gasteiger partial charge in [-0.2, -0.15) is 0 Å². The van der Waals surface area contributed by atoms with Gasteiger partial charge >= 0.3 is 5.97 Å². The lowest BCUT2D eigenvalue weighted by molar-refractivity contribution is -0.144. The van der Waals surface area contributed by atoms with Crippen LogP contribution in [0.15, 0.2) is 36.4 Å². The molecule has 110 valence electrons. The summed E-state index contributed by atoms with van der Waals surface area (Å²) in [5.41, 5.74) is 2.18. The Balaban J connectivity index is 1.69. The Kier molecular flexibility index (Phi) is 4.09. The van der Waals surface area contributed by atoms with Crippen molar-refractivity contribution in [3.63, 3.8) is 0 Å². The van der Waals surface area contributed by atoms with Crippen LogP contribution in [0.3, 0.4) is 0 Å². The van der Waals surface area contributed by atoms with Gasteiger partial charge in [-0.1, -0.05) is 24.6 Å². The third-order valence-electron chi connectivity index (χ3n) is 4.21. The Bertz CT molecular complexity index is 663. The van der Waals surface area contributed by atoms with Gasteiger partial charge in [0.2, 0.25) is 0 Å². The zero-order valence-electron chi connectivity index (χ0n) is 12.4. The summed E-state index contributed by atoms with van der Waals surface area (Å²) in [6, 6.07) is 10.3. The van der Waals surface area contributed by atoms with Crippen LogP contribution in [0, 0.1) is 0 Å². The molecule has 0 atom stereocenters. The molecule has 0 unspecified atom stereocenters. The van der Waals surface area contributed by atoms with E-state index in [1.165, 1.54) is 24.6 Å². The Morgan fingerprint density at radius 2 is 2.00 bits per heavy atom. The number of carbonyl (C=O) groups excluding carboxylic acids is 1. The molecule has 0 N–H and O–H groups in total. The maximum absolute atomic E-state index is 11.9. The number of carbonyl (C=O) groups is 1. The fraction of sp³-hybridized carbons (Fsp3) is 0.389. The molecule has 1 aliphatic carbocycles. The minimum atomic E-state index is -0.229. The molecule has 0 aliphatic heterocycles. The number of aromatic nitrogens is 1. The SMILES string of the molecule is Cn1c(/C=C/C(=O)OC2CCCCC2)cc2ccccc21. The minimum Gasteiger partial charge on any atom is -0.459 e. The van der Waals surface area contributed by atoms with Crippen molar-refractivity contribution in [3.05, 3.63) is 42.1 Å². The second-order valence-corrected chi connectivity index (χ2v) is 5.72. The quantitative estimate of drug-likeness (QED) is 0.628. The first kappa shape index (κ1) is 13.9. The average molecular weight is 283 g/mol. The normalized spacial score (nSPS) is 16.6. The van der Waals surface area contributed by atoms with Gasteiger partial charge in [0.1, 0.15) is 6.10 Å². The predicted molar refractivity (Wildman–Crippen MR) is 84.9 cm³/mol. The predicted octanol–water partition coefficient (Wildman–Crippen LogP) is 4.07. The first-order valence-electron chi connectivity index (χ1n) is 7.67. The molecule has 1 heterocycles. The number of fused-ring (bicyclic) bond motifs is 1. The maximum atomic E-state index is 11.9. The summed E-state index contributed by atoms with van der Waals surface area (Å²) in [4.78, 5) is 11.9. The van der Waals surface area contributed by atoms with Crippen molar-refractivity contribution in [1.29, 1.82) is 0 Å². The van der Waals surface area contributed by atoms with Gasteiger partial charge in [-0.05, 0) is 43.9 Å². The summed E-state index contributed by atoms with van der Waals surface area (Å²) >= 11 is 0. The van der Waals surface area contributed by atoms with Crippen LogP contribution in [-0.2, 0) is 16.6 Å². The van der Waals surface area contributed by atoms with Crippen LogP contribution in [-0.4, -0.2) is 16.6 Å². The number of hydrogen-bond donors (Lipinski definition) is 0. The summed E-state index contributed by atoms with van der Waals surface area (Å²) in [5.74, 6) is -0.229. The summed E-state index contributed by atoms with van der Waals surface area (Å²) in [6.07, 6.45) is 9.12. The number of benzene rings is 1. The average Bonchev–Trinajstić information content (AvgIpc) is 2.83. The van der Waals surface area contributed by atoms with Crippen LogP contribution in [0.4, 0.5) is 0 Å². The fourth-order valence-electron chi connectivity index (χ4n) is 3.01. The first-order chi connectivity index (χ1) is 10.2. The second kappa shape index (κ2) is 6.17. The Morgan fingerprint density at radius 3 is 2.76 bits per heavy atom. The number of aryl methyl sites for hydroxylation is 1. The largest absolute Gasteiger partial charge is 0.459 e. The molecule has 1 aromatic heterocycles. The molecule has 2 aromatic rings. The van der Waals surface area contributed by atoms with E-state index in [1.807, 2.05) is 25.3 Å². The molecule has 3 nitrogen and oxygen atoms in total. The van der Waals surface area contributed by atoms with Crippen LogP contribution in [0.5, 0.6) is 0 Å². The third kappa shape index (κ3) is 3.18. The van der Waals surface area contributed by atoms with Gasteiger partial charge in [-0.3, -0.25) is 0 Å². The number of para-hydroxylation sites is 1. The van der Waals surface area contributed by atoms with Crippen molar-refractivity contribution < 1.29 is 9.53 Å². The molecule has 0 radical (unpaired) electrons. The van der Waals surface area contributed by atoms with E-state index in [-0.39, 0.29) is 12.1 Å². The van der Waals surface area contributed by atoms with Crippen molar-refractivity contribution >= 4 is 22.9 Å². The summed E-state index contributed by atoms with van der Waals surface area (Å²) < 4.78 is 7.58. The van der Waals surface area contributed by atoms with E-state index >= 15 is 0 Å². The number of rotatable bonds is 3. The highest BCUT2D eigenvalue weighted by Crippen LogP contribution is 2.21. The van der Waals surface area contributed by atoms with Gasteiger partial charge in [-0.15, -0.1) is 0 Å². The molecule has 21 heavy (non-hydrogen) atoms. The van der Waals surface area contributed by atoms with E-state index < -0.39 is 0 Å². The van der Waals surface area contributed by atoms with Crippen LogP contribution in [0.25, 0.3) is 17.0 Å². The molecule has 0 saturated heterocycles. The highest BCUT2D eigenvalue weighted by Gasteiger charge is 2.16. The van der Waals surface area contributed by atoms with E-state index in [1.54, 1.807) is 6.08 Å². The topological polar surface area (TPSA) is 31.2 Å². The maximum Gasteiger partial charge on any atom is 0.331 e. The van der Waals surface area contributed by atoms with Crippen molar-refractivity contribution in [3.8, 4) is 0 Å². The molecule has 0 bridgehead atoms. The van der Waals surface area contributed by atoms with Gasteiger partial charge in [-0.25, -0.2) is 4.79 Å². The summed E-state index contributed by atoms with van der Waals surface area (Å²) in [6.45, 7) is 0. The van der Waals surface area contributed by atoms with Crippen LogP contribution in [0.1, 0.15) is 37.8 Å². The highest BCUT2D eigenvalue weighted by molar-refractivity contribution is 5.89. The molecule has 0 amide bonds. The number of nitrogens with zero attached hydrogens (tertiary/aromatic N) is 1. The van der Waals surface area contributed by atoms with E-state index in [4.69, 9.17) is 4.74 Å². The fourth-order valence-corrected chi connectivity index (χ4v) is 3.01. The highest BCUT2D eigenvalue weighted by atomic mass is 16.5. The zero-order valence-corrected chi connectivity index (χ0v) is 12.4. The molecular formula is C18H21NO2.